The van der Waals surface area contributed by atoms with Crippen molar-refractivity contribution < 1.29 is 7.65 Å². The number of hydrogen-bond acceptors (Lipinski definition) is 1. The highest BCUT2D eigenvalue weighted by Crippen LogP contribution is 2.24. The van der Waals surface area contributed by atoms with Crippen LogP contribution in [0.1, 0.15) is 42.0 Å². The second-order valence-corrected chi connectivity index (χ2v) is 5.73. The fraction of sp³-hybridized carbons (Fsp3) is 0.353. The maximum Gasteiger partial charge on any atom is 0.319 e. The van der Waals surface area contributed by atoms with Crippen molar-refractivity contribution in [3.05, 3.63) is 42.0 Å². The van der Waals surface area contributed by atoms with Gasteiger partial charge in [-0.05, 0) is 48.2 Å². The number of carbonyl (C=O) groups is 1. The minimum atomic E-state index is -0.168. The zero-order chi connectivity index (χ0) is 14.7. The Bertz CT molecular complexity index is 627. The van der Waals surface area contributed by atoms with Gasteiger partial charge in [-0.1, -0.05) is 38.1 Å². The highest BCUT2D eigenvalue weighted by atomic mass is 16.2. The van der Waals surface area contributed by atoms with Gasteiger partial charge in [-0.2, -0.15) is 0 Å². The monoisotopic (exact) mass is 274 g/mol. The summed E-state index contributed by atoms with van der Waals surface area (Å²) in [6.07, 6.45) is 0. The quantitative estimate of drug-likeness (QED) is 0.813. The van der Waals surface area contributed by atoms with Crippen molar-refractivity contribution in [2.75, 3.05) is 5.32 Å². The normalized spacial score (nSPS) is 11.1. The van der Waals surface area contributed by atoms with Gasteiger partial charge in [0.25, 0.3) is 0 Å². The van der Waals surface area contributed by atoms with Gasteiger partial charge in [-0.15, -0.1) is 0 Å². The molecule has 0 fully saturated rings. The Morgan fingerprint density at radius 1 is 1.00 bits per heavy atom. The van der Waals surface area contributed by atoms with Crippen molar-refractivity contribution in [2.45, 2.75) is 39.7 Å². The maximum absolute atomic E-state index is 11.7. The fourth-order valence-electron chi connectivity index (χ4n) is 2.13. The lowest BCUT2D eigenvalue weighted by atomic mass is 9.99. The molecule has 0 spiro atoms. The number of carbonyl (C=O) groups excluding carboxylic acids is 1. The Hall–Kier alpha value is -2.03. The van der Waals surface area contributed by atoms with Gasteiger partial charge in [-0.25, -0.2) is 4.79 Å². The lowest BCUT2D eigenvalue weighted by Crippen LogP contribution is -2.34. The van der Waals surface area contributed by atoms with Gasteiger partial charge in [0.2, 0.25) is 0 Å². The third kappa shape index (κ3) is 3.50. The topological polar surface area (TPSA) is 41.1 Å². The van der Waals surface area contributed by atoms with Gasteiger partial charge in [0.1, 0.15) is 0 Å². The second-order valence-electron chi connectivity index (χ2n) is 5.73. The average Bonchev–Trinajstić information content (AvgIpc) is 2.36. The van der Waals surface area contributed by atoms with Gasteiger partial charge in [0, 0.05) is 14.6 Å². The zero-order valence-electron chi connectivity index (χ0n) is 12.5. The number of amides is 2. The molecule has 2 aromatic rings. The van der Waals surface area contributed by atoms with E-state index < -0.39 is 0 Å². The highest BCUT2D eigenvalue weighted by molar-refractivity contribution is 5.93. The van der Waals surface area contributed by atoms with E-state index in [2.05, 4.69) is 42.7 Å². The maximum atomic E-state index is 11.7. The Morgan fingerprint density at radius 2 is 1.65 bits per heavy atom. The molecule has 2 aromatic carbocycles. The van der Waals surface area contributed by atoms with Crippen molar-refractivity contribution in [1.82, 2.24) is 5.32 Å². The van der Waals surface area contributed by atoms with E-state index in [1.165, 1.54) is 10.9 Å². The standard InChI is InChI=1S/C17H22N2O.2H2/c1-11(2)13-5-6-15-10-16(8-7-14(15)9-13)19-17(20)18-12(3)4;;/h5-12H,1-4H3,(H2,18,19,20);2*1H. The molecule has 0 bridgehead atoms. The first-order valence-corrected chi connectivity index (χ1v) is 7.07. The Labute approximate surface area is 123 Å². The Morgan fingerprint density at radius 3 is 2.30 bits per heavy atom. The molecular weight excluding hydrogens is 248 g/mol. The minimum absolute atomic E-state index is 0. The van der Waals surface area contributed by atoms with Crippen molar-refractivity contribution >= 4 is 22.5 Å². The van der Waals surface area contributed by atoms with Crippen LogP contribution >= 0.6 is 0 Å². The molecule has 0 aliphatic heterocycles. The molecule has 2 amide bonds. The van der Waals surface area contributed by atoms with Crippen molar-refractivity contribution in [3.8, 4) is 0 Å². The molecule has 0 aliphatic rings. The van der Waals surface area contributed by atoms with Crippen LogP contribution in [0.25, 0.3) is 10.8 Å². The zero-order valence-corrected chi connectivity index (χ0v) is 12.5. The van der Waals surface area contributed by atoms with Crippen LogP contribution in [0.15, 0.2) is 36.4 Å². The van der Waals surface area contributed by atoms with E-state index >= 15 is 0 Å². The van der Waals surface area contributed by atoms with Crippen LogP contribution in [0.2, 0.25) is 0 Å². The Kier molecular flexibility index (Phi) is 4.28. The summed E-state index contributed by atoms with van der Waals surface area (Å²) in [5.41, 5.74) is 2.14. The molecule has 0 aliphatic carbocycles. The predicted octanol–water partition coefficient (Wildman–Crippen LogP) is 4.99. The van der Waals surface area contributed by atoms with E-state index in [0.29, 0.717) is 5.92 Å². The minimum Gasteiger partial charge on any atom is -0.336 e. The fourth-order valence-corrected chi connectivity index (χ4v) is 2.13. The number of benzene rings is 2. The molecule has 0 radical (unpaired) electrons. The van der Waals surface area contributed by atoms with Crippen LogP contribution in [0.4, 0.5) is 10.5 Å². The summed E-state index contributed by atoms with van der Waals surface area (Å²) in [6.45, 7) is 8.25. The van der Waals surface area contributed by atoms with Crippen molar-refractivity contribution in [1.29, 1.82) is 0 Å². The van der Waals surface area contributed by atoms with Crippen LogP contribution in [0, 0.1) is 0 Å². The van der Waals surface area contributed by atoms with E-state index in [9.17, 15) is 4.79 Å². The lowest BCUT2D eigenvalue weighted by Gasteiger charge is -2.11. The van der Waals surface area contributed by atoms with Crippen LogP contribution in [-0.2, 0) is 0 Å². The summed E-state index contributed by atoms with van der Waals surface area (Å²) < 4.78 is 0. The molecule has 3 heteroatoms. The summed E-state index contributed by atoms with van der Waals surface area (Å²) in [5, 5.41) is 8.00. The molecule has 20 heavy (non-hydrogen) atoms. The second kappa shape index (κ2) is 5.95. The molecule has 0 unspecified atom stereocenters. The highest BCUT2D eigenvalue weighted by Gasteiger charge is 2.05. The van der Waals surface area contributed by atoms with Crippen LogP contribution in [0.5, 0.6) is 0 Å². The van der Waals surface area contributed by atoms with Crippen molar-refractivity contribution in [3.63, 3.8) is 0 Å². The summed E-state index contributed by atoms with van der Waals surface area (Å²) in [6, 6.07) is 12.4. The summed E-state index contributed by atoms with van der Waals surface area (Å²) in [7, 11) is 0. The summed E-state index contributed by atoms with van der Waals surface area (Å²) in [4.78, 5) is 11.7. The summed E-state index contributed by atoms with van der Waals surface area (Å²) >= 11 is 0. The average molecular weight is 274 g/mol. The first kappa shape index (κ1) is 14.4. The number of anilines is 1. The Balaban J connectivity index is 0.00000220. The van der Waals surface area contributed by atoms with Crippen LogP contribution in [-0.4, -0.2) is 12.1 Å². The first-order valence-electron chi connectivity index (χ1n) is 7.07. The van der Waals surface area contributed by atoms with Gasteiger partial charge in [-0.3, -0.25) is 0 Å². The number of nitrogens with one attached hydrogen (secondary N) is 2. The van der Waals surface area contributed by atoms with E-state index in [1.54, 1.807) is 0 Å². The van der Waals surface area contributed by atoms with Crippen LogP contribution in [0.3, 0.4) is 0 Å². The van der Waals surface area contributed by atoms with Crippen LogP contribution < -0.4 is 10.6 Å². The molecule has 0 heterocycles. The first-order chi connectivity index (χ1) is 9.45. The molecule has 2 rings (SSSR count). The van der Waals surface area contributed by atoms with Gasteiger partial charge >= 0.3 is 6.03 Å². The van der Waals surface area contributed by atoms with E-state index in [-0.39, 0.29) is 14.9 Å². The van der Waals surface area contributed by atoms with E-state index in [0.717, 1.165) is 11.1 Å². The number of fused-ring (bicyclic) bond motifs is 1. The molecular formula is C17H26N2O. The largest absolute Gasteiger partial charge is 0.336 e. The van der Waals surface area contributed by atoms with E-state index in [1.807, 2.05) is 32.0 Å². The number of rotatable bonds is 3. The van der Waals surface area contributed by atoms with Crippen molar-refractivity contribution in [2.24, 2.45) is 0 Å². The number of hydrogen-bond donors (Lipinski definition) is 2. The lowest BCUT2D eigenvalue weighted by molar-refractivity contribution is 0.250. The smallest absolute Gasteiger partial charge is 0.319 e. The third-order valence-electron chi connectivity index (χ3n) is 3.21. The molecule has 0 aromatic heterocycles. The summed E-state index contributed by atoms with van der Waals surface area (Å²) in [5.74, 6) is 0.522. The SMILES string of the molecule is CC(C)NC(=O)Nc1ccc2cc(C(C)C)ccc2c1.[HH].[HH]. The molecule has 3 nitrogen and oxygen atoms in total. The third-order valence-corrected chi connectivity index (χ3v) is 3.21. The predicted molar refractivity (Wildman–Crippen MR) is 89.6 cm³/mol. The molecule has 0 saturated heterocycles. The van der Waals surface area contributed by atoms with Gasteiger partial charge < -0.3 is 10.6 Å². The molecule has 0 saturated carbocycles. The molecule has 0 atom stereocenters. The number of urea groups is 1. The van der Waals surface area contributed by atoms with Gasteiger partial charge in [0.15, 0.2) is 0 Å². The molecule has 2 N–H and O–H groups in total. The molecule has 110 valence electrons. The van der Waals surface area contributed by atoms with E-state index in [4.69, 9.17) is 0 Å². The van der Waals surface area contributed by atoms with Gasteiger partial charge in [0.05, 0.1) is 0 Å².